The molecule has 3 rings (SSSR count). The van der Waals surface area contributed by atoms with E-state index in [1.165, 1.54) is 11.1 Å². The van der Waals surface area contributed by atoms with Gasteiger partial charge in [0.15, 0.2) is 0 Å². The quantitative estimate of drug-likeness (QED) is 0.804. The lowest BCUT2D eigenvalue weighted by molar-refractivity contribution is -0.0265. The normalized spacial score (nSPS) is 20.6. The summed E-state index contributed by atoms with van der Waals surface area (Å²) in [5.74, 6) is 0. The molecule has 0 saturated heterocycles. The van der Waals surface area contributed by atoms with Gasteiger partial charge < -0.3 is 9.84 Å². The lowest BCUT2D eigenvalue weighted by Gasteiger charge is -2.24. The van der Waals surface area contributed by atoms with Gasteiger partial charge in [-0.3, -0.25) is 4.90 Å². The molecule has 0 amide bonds. The second-order valence-corrected chi connectivity index (χ2v) is 6.59. The van der Waals surface area contributed by atoms with Crippen molar-refractivity contribution >= 4 is 0 Å². The smallest absolute Gasteiger partial charge is 0.0834 e. The van der Waals surface area contributed by atoms with Gasteiger partial charge in [0, 0.05) is 19.6 Å². The molecule has 0 aromatic heterocycles. The summed E-state index contributed by atoms with van der Waals surface area (Å²) in [6.45, 7) is 3.35. The minimum absolute atomic E-state index is 0.0281. The molecule has 1 N–H and O–H groups in total. The summed E-state index contributed by atoms with van der Waals surface area (Å²) in [6, 6.07) is 21.1. The lowest BCUT2D eigenvalue weighted by atomic mass is 10.1. The van der Waals surface area contributed by atoms with Gasteiger partial charge in [0.05, 0.1) is 18.8 Å². The van der Waals surface area contributed by atoms with Crippen LogP contribution in [-0.4, -0.2) is 35.4 Å². The number of hydrogen-bond donors (Lipinski definition) is 1. The molecule has 0 spiro atoms. The highest BCUT2D eigenvalue weighted by atomic mass is 16.5. The highest BCUT2D eigenvalue weighted by molar-refractivity contribution is 5.17. The highest BCUT2D eigenvalue weighted by Crippen LogP contribution is 2.21. The second kappa shape index (κ2) is 8.97. The van der Waals surface area contributed by atoms with E-state index in [1.54, 1.807) is 0 Å². The Morgan fingerprint density at radius 2 is 1.46 bits per heavy atom. The molecule has 0 heterocycles. The molecule has 1 fully saturated rings. The Hall–Kier alpha value is -1.68. The predicted molar refractivity (Wildman–Crippen MR) is 96.6 cm³/mol. The fourth-order valence-corrected chi connectivity index (χ4v) is 3.33. The zero-order valence-electron chi connectivity index (χ0n) is 14.2. The van der Waals surface area contributed by atoms with Gasteiger partial charge in [-0.2, -0.15) is 0 Å². The van der Waals surface area contributed by atoms with Crippen molar-refractivity contribution in [2.45, 2.75) is 44.6 Å². The molecule has 2 atom stereocenters. The molecule has 3 nitrogen and oxygen atoms in total. The molecule has 2 aromatic rings. The van der Waals surface area contributed by atoms with Crippen LogP contribution in [0.5, 0.6) is 0 Å². The monoisotopic (exact) mass is 325 g/mol. The van der Waals surface area contributed by atoms with E-state index >= 15 is 0 Å². The Bertz CT molecular complexity index is 546. The maximum Gasteiger partial charge on any atom is 0.0834 e. The molecule has 0 radical (unpaired) electrons. The minimum Gasteiger partial charge on any atom is -0.390 e. The lowest BCUT2D eigenvalue weighted by Crippen LogP contribution is -2.30. The average molecular weight is 325 g/mol. The molecule has 2 aromatic carbocycles. The summed E-state index contributed by atoms with van der Waals surface area (Å²) in [7, 11) is 0. The number of aliphatic hydroxyl groups is 1. The first-order chi connectivity index (χ1) is 11.8. The molecule has 1 saturated carbocycles. The largest absolute Gasteiger partial charge is 0.390 e. The van der Waals surface area contributed by atoms with Crippen LogP contribution in [0.4, 0.5) is 0 Å². The van der Waals surface area contributed by atoms with Crippen molar-refractivity contribution in [1.82, 2.24) is 4.90 Å². The van der Waals surface area contributed by atoms with Crippen LogP contribution in [0.1, 0.15) is 30.4 Å². The maximum absolute atomic E-state index is 9.89. The van der Waals surface area contributed by atoms with Crippen molar-refractivity contribution in [3.05, 3.63) is 71.8 Å². The van der Waals surface area contributed by atoms with E-state index in [2.05, 4.69) is 65.6 Å². The summed E-state index contributed by atoms with van der Waals surface area (Å²) in [5.41, 5.74) is 2.63. The van der Waals surface area contributed by atoms with Crippen LogP contribution in [0.2, 0.25) is 0 Å². The van der Waals surface area contributed by atoms with Crippen molar-refractivity contribution in [1.29, 1.82) is 0 Å². The minimum atomic E-state index is -0.276. The van der Waals surface area contributed by atoms with Crippen LogP contribution in [0.25, 0.3) is 0 Å². The van der Waals surface area contributed by atoms with Gasteiger partial charge in [-0.1, -0.05) is 60.7 Å². The fourth-order valence-electron chi connectivity index (χ4n) is 3.33. The van der Waals surface area contributed by atoms with E-state index in [9.17, 15) is 5.11 Å². The van der Waals surface area contributed by atoms with Crippen molar-refractivity contribution < 1.29 is 9.84 Å². The zero-order valence-corrected chi connectivity index (χ0v) is 14.2. The van der Waals surface area contributed by atoms with Crippen molar-refractivity contribution in [3.63, 3.8) is 0 Å². The Kier molecular flexibility index (Phi) is 6.41. The van der Waals surface area contributed by atoms with Crippen molar-refractivity contribution in [2.75, 3.05) is 13.2 Å². The molecule has 0 bridgehead atoms. The van der Waals surface area contributed by atoms with E-state index in [-0.39, 0.29) is 12.2 Å². The molecule has 0 unspecified atom stereocenters. The third-order valence-corrected chi connectivity index (χ3v) is 4.66. The van der Waals surface area contributed by atoms with Crippen molar-refractivity contribution in [3.8, 4) is 0 Å². The van der Waals surface area contributed by atoms with E-state index in [1.807, 2.05) is 0 Å². The van der Waals surface area contributed by atoms with Gasteiger partial charge in [-0.25, -0.2) is 0 Å². The maximum atomic E-state index is 9.89. The van der Waals surface area contributed by atoms with Gasteiger partial charge in [0.1, 0.15) is 0 Å². The Labute approximate surface area is 144 Å². The van der Waals surface area contributed by atoms with Gasteiger partial charge in [0.2, 0.25) is 0 Å². The average Bonchev–Trinajstić information content (AvgIpc) is 3.02. The second-order valence-electron chi connectivity index (χ2n) is 6.59. The predicted octanol–water partition coefficient (Wildman–Crippen LogP) is 3.62. The summed E-state index contributed by atoms with van der Waals surface area (Å²) in [4.78, 5) is 2.41. The standard InChI is InChI=1S/C21H27NO2/c23-20-12-7-13-21(20)24-15-14-22(16-18-8-3-1-4-9-18)17-19-10-5-2-6-11-19/h1-6,8-11,20-21,23H,7,12-17H2/t20-,21-/m1/s1. The number of hydrogen-bond acceptors (Lipinski definition) is 3. The van der Waals surface area contributed by atoms with Crippen LogP contribution in [-0.2, 0) is 17.8 Å². The van der Waals surface area contributed by atoms with E-state index in [4.69, 9.17) is 4.74 Å². The van der Waals surface area contributed by atoms with Gasteiger partial charge in [0.25, 0.3) is 0 Å². The number of aliphatic hydroxyl groups excluding tert-OH is 1. The molecular weight excluding hydrogens is 298 g/mol. The van der Waals surface area contributed by atoms with E-state index in [0.717, 1.165) is 38.9 Å². The van der Waals surface area contributed by atoms with Crippen LogP contribution < -0.4 is 0 Å². The highest BCUT2D eigenvalue weighted by Gasteiger charge is 2.25. The van der Waals surface area contributed by atoms with Gasteiger partial charge in [-0.15, -0.1) is 0 Å². The third-order valence-electron chi connectivity index (χ3n) is 4.66. The molecular formula is C21H27NO2. The Morgan fingerprint density at radius 1 is 0.875 bits per heavy atom. The van der Waals surface area contributed by atoms with Crippen LogP contribution in [0.3, 0.4) is 0 Å². The molecule has 128 valence electrons. The molecule has 1 aliphatic rings. The number of rotatable bonds is 8. The van der Waals surface area contributed by atoms with Gasteiger partial charge >= 0.3 is 0 Å². The molecule has 24 heavy (non-hydrogen) atoms. The Morgan fingerprint density at radius 3 is 1.96 bits per heavy atom. The number of benzene rings is 2. The molecule has 0 aliphatic heterocycles. The molecule has 3 heteroatoms. The van der Waals surface area contributed by atoms with Crippen molar-refractivity contribution in [2.24, 2.45) is 0 Å². The summed E-state index contributed by atoms with van der Waals surface area (Å²) in [6.07, 6.45) is 2.69. The number of ether oxygens (including phenoxy) is 1. The van der Waals surface area contributed by atoms with E-state index in [0.29, 0.717) is 6.61 Å². The zero-order chi connectivity index (χ0) is 16.6. The SMILES string of the molecule is O[C@@H]1CCC[C@H]1OCCN(Cc1ccccc1)Cc1ccccc1. The summed E-state index contributed by atoms with van der Waals surface area (Å²) >= 11 is 0. The van der Waals surface area contributed by atoms with E-state index < -0.39 is 0 Å². The third kappa shape index (κ3) is 5.17. The Balaban J connectivity index is 1.56. The first-order valence-corrected chi connectivity index (χ1v) is 8.91. The topological polar surface area (TPSA) is 32.7 Å². The first kappa shape index (κ1) is 17.2. The molecule has 1 aliphatic carbocycles. The number of nitrogens with zero attached hydrogens (tertiary/aromatic N) is 1. The van der Waals surface area contributed by atoms with Gasteiger partial charge in [-0.05, 0) is 30.4 Å². The van der Waals surface area contributed by atoms with Crippen LogP contribution in [0.15, 0.2) is 60.7 Å². The van der Waals surface area contributed by atoms with Crippen LogP contribution in [0, 0.1) is 0 Å². The fraction of sp³-hybridized carbons (Fsp3) is 0.429. The summed E-state index contributed by atoms with van der Waals surface area (Å²) in [5, 5.41) is 9.89. The van der Waals surface area contributed by atoms with Crippen LogP contribution >= 0.6 is 0 Å². The summed E-state index contributed by atoms with van der Waals surface area (Å²) < 4.78 is 5.93. The first-order valence-electron chi connectivity index (χ1n) is 8.91.